The van der Waals surface area contributed by atoms with Crippen molar-refractivity contribution in [2.24, 2.45) is 5.16 Å². The van der Waals surface area contributed by atoms with Gasteiger partial charge >= 0.3 is 0 Å². The summed E-state index contributed by atoms with van der Waals surface area (Å²) < 4.78 is 5.74. The summed E-state index contributed by atoms with van der Waals surface area (Å²) in [5.41, 5.74) is 5.91. The first-order chi connectivity index (χ1) is 12.6. The zero-order valence-corrected chi connectivity index (χ0v) is 16.1. The van der Waals surface area contributed by atoms with E-state index in [9.17, 15) is 0 Å². The van der Waals surface area contributed by atoms with E-state index >= 15 is 0 Å². The Morgan fingerprint density at radius 1 is 1.08 bits per heavy atom. The lowest BCUT2D eigenvalue weighted by atomic mass is 10.1. The van der Waals surface area contributed by atoms with Crippen molar-refractivity contribution in [2.75, 3.05) is 25.6 Å². The molecule has 0 radical (unpaired) electrons. The number of ether oxygens (including phenoxy) is 1. The van der Waals surface area contributed by atoms with Crippen molar-refractivity contribution in [3.8, 4) is 5.75 Å². The van der Waals surface area contributed by atoms with Crippen molar-refractivity contribution >= 4 is 11.9 Å². The van der Waals surface area contributed by atoms with Crippen LogP contribution in [0.1, 0.15) is 29.2 Å². The summed E-state index contributed by atoms with van der Waals surface area (Å²) in [4.78, 5) is 4.70. The van der Waals surface area contributed by atoms with Crippen molar-refractivity contribution in [3.63, 3.8) is 0 Å². The number of nitrogens with zero attached hydrogens (tertiary/aromatic N) is 1. The van der Waals surface area contributed by atoms with Crippen LogP contribution in [0.15, 0.2) is 53.7 Å². The first kappa shape index (κ1) is 19.6. The van der Waals surface area contributed by atoms with E-state index in [1.807, 2.05) is 31.2 Å². The van der Waals surface area contributed by atoms with E-state index in [2.05, 4.69) is 48.6 Å². The Bertz CT molecular complexity index is 726. The lowest BCUT2D eigenvalue weighted by Crippen LogP contribution is -2.08. The van der Waals surface area contributed by atoms with Crippen molar-refractivity contribution < 1.29 is 9.57 Å². The molecule has 0 amide bonds. The highest BCUT2D eigenvalue weighted by Gasteiger charge is 2.05. The number of anilines is 1. The molecule has 0 unspecified atom stereocenters. The van der Waals surface area contributed by atoms with Crippen LogP contribution in [-0.2, 0) is 11.3 Å². The quantitative estimate of drug-likeness (QED) is 0.397. The van der Waals surface area contributed by atoms with Gasteiger partial charge in [0, 0.05) is 12.2 Å². The Hall–Kier alpha value is -2.75. The zero-order chi connectivity index (χ0) is 18.8. The molecule has 26 heavy (non-hydrogen) atoms. The maximum atomic E-state index is 5.74. The largest absolute Gasteiger partial charge is 0.490 e. The zero-order valence-electron chi connectivity index (χ0n) is 16.1. The maximum absolute atomic E-state index is 5.74. The van der Waals surface area contributed by atoms with Crippen LogP contribution in [0.5, 0.6) is 5.75 Å². The molecule has 0 spiro atoms. The lowest BCUT2D eigenvalue weighted by molar-refractivity contribution is 0.215. The summed E-state index contributed by atoms with van der Waals surface area (Å²) in [7, 11) is 1.54. The van der Waals surface area contributed by atoms with Crippen LogP contribution in [0.25, 0.3) is 0 Å². The molecule has 0 aliphatic rings. The van der Waals surface area contributed by atoms with Crippen LogP contribution in [-0.4, -0.2) is 26.5 Å². The fourth-order valence-electron chi connectivity index (χ4n) is 2.74. The number of hydrogen-bond acceptors (Lipinski definition) is 4. The first-order valence-electron chi connectivity index (χ1n) is 8.88. The molecule has 2 aromatic carbocycles. The van der Waals surface area contributed by atoms with Gasteiger partial charge in [-0.2, -0.15) is 0 Å². The second kappa shape index (κ2) is 10.3. The van der Waals surface area contributed by atoms with Gasteiger partial charge < -0.3 is 14.9 Å². The molecular formula is C22H28N2O2. The standard InChI is InChI=1S/C22H28N2O2/c1-5-6-13-26-21-14-17(2)22(18(3)15-21)23-12-11-19-7-9-20(10-8-19)16-24-25-4/h5-10,14-16,23H,11-13H2,1-4H3/b6-5+,24-16+. The number of rotatable bonds is 9. The second-order valence-electron chi connectivity index (χ2n) is 6.15. The van der Waals surface area contributed by atoms with Crippen LogP contribution >= 0.6 is 0 Å². The van der Waals surface area contributed by atoms with Crippen molar-refractivity contribution in [3.05, 3.63) is 70.8 Å². The average Bonchev–Trinajstić information content (AvgIpc) is 2.63. The van der Waals surface area contributed by atoms with Crippen LogP contribution in [0.4, 0.5) is 5.69 Å². The molecule has 4 nitrogen and oxygen atoms in total. The molecule has 0 aliphatic heterocycles. The number of allylic oxidation sites excluding steroid dienone is 1. The minimum Gasteiger partial charge on any atom is -0.490 e. The van der Waals surface area contributed by atoms with Gasteiger partial charge in [-0.1, -0.05) is 41.6 Å². The van der Waals surface area contributed by atoms with Gasteiger partial charge in [-0.05, 0) is 61.6 Å². The van der Waals surface area contributed by atoms with E-state index in [4.69, 9.17) is 9.57 Å². The van der Waals surface area contributed by atoms with Gasteiger partial charge in [0.05, 0.1) is 6.21 Å². The molecule has 0 bridgehead atoms. The third kappa shape index (κ3) is 5.96. The number of aryl methyl sites for hydroxylation is 2. The third-order valence-corrected chi connectivity index (χ3v) is 4.09. The molecule has 0 aromatic heterocycles. The summed E-state index contributed by atoms with van der Waals surface area (Å²) in [5, 5.41) is 7.33. The summed E-state index contributed by atoms with van der Waals surface area (Å²) in [6, 6.07) is 12.5. The van der Waals surface area contributed by atoms with Gasteiger partial charge in [-0.3, -0.25) is 0 Å². The summed E-state index contributed by atoms with van der Waals surface area (Å²) >= 11 is 0. The van der Waals surface area contributed by atoms with E-state index in [-0.39, 0.29) is 0 Å². The van der Waals surface area contributed by atoms with Crippen LogP contribution in [0, 0.1) is 13.8 Å². The van der Waals surface area contributed by atoms with E-state index in [1.165, 1.54) is 22.4 Å². The fraction of sp³-hybridized carbons (Fsp3) is 0.318. The lowest BCUT2D eigenvalue weighted by Gasteiger charge is -2.15. The minimum absolute atomic E-state index is 0.604. The molecule has 2 aromatic rings. The van der Waals surface area contributed by atoms with Gasteiger partial charge in [0.1, 0.15) is 19.5 Å². The summed E-state index contributed by atoms with van der Waals surface area (Å²) in [6.45, 7) is 7.70. The van der Waals surface area contributed by atoms with Gasteiger partial charge in [0.2, 0.25) is 0 Å². The van der Waals surface area contributed by atoms with E-state index < -0.39 is 0 Å². The van der Waals surface area contributed by atoms with Crippen molar-refractivity contribution in [1.82, 2.24) is 0 Å². The predicted molar refractivity (Wildman–Crippen MR) is 109 cm³/mol. The molecule has 0 saturated carbocycles. The SMILES string of the molecule is C/C=C/COc1cc(C)c(NCCc2ccc(/C=N/OC)cc2)c(C)c1. The Balaban J connectivity index is 1.91. The Morgan fingerprint density at radius 2 is 1.77 bits per heavy atom. The molecule has 0 atom stereocenters. The molecule has 138 valence electrons. The van der Waals surface area contributed by atoms with Crippen LogP contribution in [0.2, 0.25) is 0 Å². The molecule has 1 N–H and O–H groups in total. The highest BCUT2D eigenvalue weighted by molar-refractivity contribution is 5.79. The van der Waals surface area contributed by atoms with Gasteiger partial charge in [-0.25, -0.2) is 0 Å². The summed E-state index contributed by atoms with van der Waals surface area (Å²) in [5.74, 6) is 0.914. The van der Waals surface area contributed by atoms with Crippen molar-refractivity contribution in [2.45, 2.75) is 27.2 Å². The molecular weight excluding hydrogens is 324 g/mol. The Kier molecular flexibility index (Phi) is 7.75. The number of nitrogens with one attached hydrogen (secondary N) is 1. The average molecular weight is 352 g/mol. The highest BCUT2D eigenvalue weighted by atomic mass is 16.6. The van der Waals surface area contributed by atoms with Crippen molar-refractivity contribution in [1.29, 1.82) is 0 Å². The molecule has 4 heteroatoms. The number of benzene rings is 2. The van der Waals surface area contributed by atoms with E-state index in [0.29, 0.717) is 6.61 Å². The van der Waals surface area contributed by atoms with Crippen LogP contribution in [0.3, 0.4) is 0 Å². The molecule has 2 rings (SSSR count). The Labute approximate surface area is 156 Å². The molecule has 0 fully saturated rings. The predicted octanol–water partition coefficient (Wildman–Crippen LogP) is 4.89. The molecule has 0 aliphatic carbocycles. The van der Waals surface area contributed by atoms with Gasteiger partial charge in [0.15, 0.2) is 0 Å². The van der Waals surface area contributed by atoms with E-state index in [1.54, 1.807) is 13.3 Å². The van der Waals surface area contributed by atoms with Gasteiger partial charge in [0.25, 0.3) is 0 Å². The first-order valence-corrected chi connectivity index (χ1v) is 8.88. The summed E-state index contributed by atoms with van der Waals surface area (Å²) in [6.07, 6.45) is 6.66. The number of hydrogen-bond donors (Lipinski definition) is 1. The topological polar surface area (TPSA) is 42.8 Å². The van der Waals surface area contributed by atoms with E-state index in [0.717, 1.165) is 24.3 Å². The fourth-order valence-corrected chi connectivity index (χ4v) is 2.74. The maximum Gasteiger partial charge on any atom is 0.120 e. The normalized spacial score (nSPS) is 11.2. The molecule has 0 saturated heterocycles. The third-order valence-electron chi connectivity index (χ3n) is 4.09. The monoisotopic (exact) mass is 352 g/mol. The minimum atomic E-state index is 0.604. The second-order valence-corrected chi connectivity index (χ2v) is 6.15. The molecule has 0 heterocycles. The number of oxime groups is 1. The van der Waals surface area contributed by atoms with Crippen LogP contribution < -0.4 is 10.1 Å². The smallest absolute Gasteiger partial charge is 0.120 e. The van der Waals surface area contributed by atoms with Gasteiger partial charge in [-0.15, -0.1) is 0 Å². The Morgan fingerprint density at radius 3 is 2.38 bits per heavy atom. The highest BCUT2D eigenvalue weighted by Crippen LogP contribution is 2.26.